The average molecular weight is 309 g/mol. The highest BCUT2D eigenvalue weighted by atomic mass is 16.5. The highest BCUT2D eigenvalue weighted by Crippen LogP contribution is 2.30. The van der Waals surface area contributed by atoms with Crippen LogP contribution in [0.5, 0.6) is 5.75 Å². The Kier molecular flexibility index (Phi) is 4.90. The summed E-state index contributed by atoms with van der Waals surface area (Å²) in [7, 11) is 1.71. The molecule has 1 aliphatic heterocycles. The third-order valence-electron chi connectivity index (χ3n) is 4.54. The summed E-state index contributed by atoms with van der Waals surface area (Å²) in [5.41, 5.74) is 5.75. The number of nitrogens with zero attached hydrogens (tertiary/aromatic N) is 1. The minimum atomic E-state index is 0.715. The molecule has 0 aromatic heterocycles. The Morgan fingerprint density at radius 3 is 2.48 bits per heavy atom. The largest absolute Gasteiger partial charge is 0.497 e. The Morgan fingerprint density at radius 2 is 1.78 bits per heavy atom. The number of aryl methyl sites for hydroxylation is 1. The van der Waals surface area contributed by atoms with Crippen molar-refractivity contribution in [3.8, 4) is 5.75 Å². The van der Waals surface area contributed by atoms with E-state index in [1.54, 1.807) is 7.11 Å². The second kappa shape index (κ2) is 7.08. The van der Waals surface area contributed by atoms with Crippen LogP contribution in [0.3, 0.4) is 0 Å². The lowest BCUT2D eigenvalue weighted by Gasteiger charge is -2.32. The molecule has 0 radical (unpaired) electrons. The van der Waals surface area contributed by atoms with E-state index in [0.717, 1.165) is 18.8 Å². The fourth-order valence-electron chi connectivity index (χ4n) is 3.44. The summed E-state index contributed by atoms with van der Waals surface area (Å²) in [6.45, 7) is 6.69. The molecular formula is C21H27NO. The van der Waals surface area contributed by atoms with Crippen molar-refractivity contribution in [3.05, 3.63) is 59.2 Å². The van der Waals surface area contributed by atoms with Crippen LogP contribution < -0.4 is 9.64 Å². The number of rotatable bonds is 5. The van der Waals surface area contributed by atoms with Gasteiger partial charge in [-0.05, 0) is 60.1 Å². The normalized spacial score (nSPS) is 14.0. The van der Waals surface area contributed by atoms with Gasteiger partial charge in [-0.2, -0.15) is 0 Å². The van der Waals surface area contributed by atoms with Crippen LogP contribution in [-0.4, -0.2) is 13.7 Å². The third-order valence-corrected chi connectivity index (χ3v) is 4.54. The van der Waals surface area contributed by atoms with Gasteiger partial charge in [0.05, 0.1) is 7.11 Å². The van der Waals surface area contributed by atoms with Gasteiger partial charge >= 0.3 is 0 Å². The summed E-state index contributed by atoms with van der Waals surface area (Å²) < 4.78 is 5.25. The quantitative estimate of drug-likeness (QED) is 0.783. The van der Waals surface area contributed by atoms with Crippen LogP contribution in [-0.2, 0) is 19.4 Å². The highest BCUT2D eigenvalue weighted by molar-refractivity contribution is 5.57. The van der Waals surface area contributed by atoms with E-state index in [9.17, 15) is 0 Å². The van der Waals surface area contributed by atoms with Crippen molar-refractivity contribution in [2.24, 2.45) is 5.92 Å². The van der Waals surface area contributed by atoms with Crippen LogP contribution >= 0.6 is 0 Å². The first kappa shape index (κ1) is 15.9. The van der Waals surface area contributed by atoms with Crippen LogP contribution in [0.15, 0.2) is 42.5 Å². The Balaban J connectivity index is 1.77. The summed E-state index contributed by atoms with van der Waals surface area (Å²) in [4.78, 5) is 2.51. The molecule has 1 heterocycles. The van der Waals surface area contributed by atoms with E-state index in [4.69, 9.17) is 4.74 Å². The fraction of sp³-hybridized carbons (Fsp3) is 0.429. The minimum Gasteiger partial charge on any atom is -0.497 e. The fourth-order valence-corrected chi connectivity index (χ4v) is 3.44. The maximum absolute atomic E-state index is 5.25. The molecule has 122 valence electrons. The van der Waals surface area contributed by atoms with Gasteiger partial charge in [-0.1, -0.05) is 38.1 Å². The maximum atomic E-state index is 5.25. The lowest BCUT2D eigenvalue weighted by molar-refractivity contribution is 0.414. The van der Waals surface area contributed by atoms with Crippen LogP contribution in [0.2, 0.25) is 0 Å². The zero-order valence-corrected chi connectivity index (χ0v) is 14.5. The molecule has 0 bridgehead atoms. The molecule has 2 nitrogen and oxygen atoms in total. The van der Waals surface area contributed by atoms with Gasteiger partial charge in [0.15, 0.2) is 0 Å². The maximum Gasteiger partial charge on any atom is 0.118 e. The summed E-state index contributed by atoms with van der Waals surface area (Å²) in [6, 6.07) is 15.5. The zero-order chi connectivity index (χ0) is 16.2. The van der Waals surface area contributed by atoms with Crippen molar-refractivity contribution < 1.29 is 4.74 Å². The van der Waals surface area contributed by atoms with Crippen molar-refractivity contribution in [1.29, 1.82) is 0 Å². The van der Waals surface area contributed by atoms with Crippen molar-refractivity contribution in [2.45, 2.75) is 39.7 Å². The molecule has 0 N–H and O–H groups in total. The summed E-state index contributed by atoms with van der Waals surface area (Å²) in [5, 5.41) is 0. The molecule has 2 aromatic carbocycles. The molecule has 0 amide bonds. The molecule has 0 saturated heterocycles. The predicted molar refractivity (Wildman–Crippen MR) is 97.3 cm³/mol. The minimum absolute atomic E-state index is 0.715. The molecule has 0 unspecified atom stereocenters. The molecule has 0 atom stereocenters. The van der Waals surface area contributed by atoms with E-state index < -0.39 is 0 Å². The summed E-state index contributed by atoms with van der Waals surface area (Å²) in [5.74, 6) is 1.64. The van der Waals surface area contributed by atoms with Crippen LogP contribution in [0.25, 0.3) is 0 Å². The van der Waals surface area contributed by atoms with Gasteiger partial charge in [-0.25, -0.2) is 0 Å². The molecule has 23 heavy (non-hydrogen) atoms. The first-order chi connectivity index (χ1) is 11.2. The van der Waals surface area contributed by atoms with Gasteiger partial charge in [-0.15, -0.1) is 0 Å². The van der Waals surface area contributed by atoms with E-state index in [2.05, 4.69) is 49.1 Å². The second-order valence-electron chi connectivity index (χ2n) is 6.93. The monoisotopic (exact) mass is 309 g/mol. The molecule has 2 aromatic rings. The summed E-state index contributed by atoms with van der Waals surface area (Å²) in [6.07, 6.45) is 3.63. The van der Waals surface area contributed by atoms with Crippen LogP contribution in [0.4, 0.5) is 5.69 Å². The lowest BCUT2D eigenvalue weighted by atomic mass is 9.95. The Labute approximate surface area is 140 Å². The van der Waals surface area contributed by atoms with Gasteiger partial charge in [-0.3, -0.25) is 0 Å². The van der Waals surface area contributed by atoms with Crippen molar-refractivity contribution >= 4 is 5.69 Å². The molecule has 0 fully saturated rings. The molecule has 0 aliphatic carbocycles. The zero-order valence-electron chi connectivity index (χ0n) is 14.5. The van der Waals surface area contributed by atoms with Crippen LogP contribution in [0, 0.1) is 5.92 Å². The first-order valence-corrected chi connectivity index (χ1v) is 8.65. The van der Waals surface area contributed by atoms with Crippen LogP contribution in [0.1, 0.15) is 37.0 Å². The Morgan fingerprint density at radius 1 is 1.04 bits per heavy atom. The van der Waals surface area contributed by atoms with E-state index in [-0.39, 0.29) is 0 Å². The van der Waals surface area contributed by atoms with E-state index in [0.29, 0.717) is 5.92 Å². The van der Waals surface area contributed by atoms with Gasteiger partial charge in [0, 0.05) is 18.8 Å². The highest BCUT2D eigenvalue weighted by Gasteiger charge is 2.17. The topological polar surface area (TPSA) is 12.5 Å². The van der Waals surface area contributed by atoms with E-state index in [1.165, 1.54) is 41.6 Å². The number of hydrogen-bond acceptors (Lipinski definition) is 2. The number of anilines is 1. The molecular weight excluding hydrogens is 282 g/mol. The van der Waals surface area contributed by atoms with Gasteiger partial charge < -0.3 is 9.64 Å². The molecule has 2 heteroatoms. The van der Waals surface area contributed by atoms with Crippen molar-refractivity contribution in [2.75, 3.05) is 18.6 Å². The Hall–Kier alpha value is -1.96. The number of benzene rings is 2. The van der Waals surface area contributed by atoms with Gasteiger partial charge in [0.2, 0.25) is 0 Å². The summed E-state index contributed by atoms with van der Waals surface area (Å²) >= 11 is 0. The van der Waals surface area contributed by atoms with Gasteiger partial charge in [0.1, 0.15) is 5.75 Å². The number of hydrogen-bond donors (Lipinski definition) is 0. The second-order valence-corrected chi connectivity index (χ2v) is 6.93. The third kappa shape index (κ3) is 3.87. The number of fused-ring (bicyclic) bond motifs is 1. The van der Waals surface area contributed by atoms with E-state index in [1.807, 2.05) is 12.1 Å². The van der Waals surface area contributed by atoms with Crippen molar-refractivity contribution in [1.82, 2.24) is 0 Å². The molecule has 0 spiro atoms. The smallest absolute Gasteiger partial charge is 0.118 e. The average Bonchev–Trinajstić information content (AvgIpc) is 2.55. The molecule has 0 saturated carbocycles. The first-order valence-electron chi connectivity index (χ1n) is 8.65. The lowest BCUT2D eigenvalue weighted by Crippen LogP contribution is -2.28. The predicted octanol–water partition coefficient (Wildman–Crippen LogP) is 4.85. The standard InChI is InChI=1S/C21H27NO/c1-16(2)13-18-8-11-21-19(14-18)5-4-12-22(21)15-17-6-9-20(23-3)10-7-17/h6-11,14,16H,4-5,12-13,15H2,1-3H3. The Bertz CT molecular complexity index is 645. The number of methoxy groups -OCH3 is 1. The van der Waals surface area contributed by atoms with E-state index >= 15 is 0 Å². The molecule has 3 rings (SSSR count). The number of ether oxygens (including phenoxy) is 1. The van der Waals surface area contributed by atoms with Crippen molar-refractivity contribution in [3.63, 3.8) is 0 Å². The van der Waals surface area contributed by atoms with Gasteiger partial charge in [0.25, 0.3) is 0 Å². The SMILES string of the molecule is COc1ccc(CN2CCCc3cc(CC(C)C)ccc32)cc1. The molecule has 1 aliphatic rings.